The third-order valence-corrected chi connectivity index (χ3v) is 9.82. The van der Waals surface area contributed by atoms with Crippen molar-refractivity contribution in [1.82, 2.24) is 19.5 Å². The molecule has 0 bridgehead atoms. The van der Waals surface area contributed by atoms with Gasteiger partial charge in [0.1, 0.15) is 5.58 Å². The normalized spacial score (nSPS) is 12.3. The first-order valence-corrected chi connectivity index (χ1v) is 18.4. The van der Waals surface area contributed by atoms with Crippen LogP contribution < -0.4 is 0 Å². The van der Waals surface area contributed by atoms with Gasteiger partial charge in [0.15, 0.2) is 0 Å². The Bertz CT molecular complexity index is 2880. The molecule has 0 aliphatic rings. The Labute approximate surface area is 344 Å². The van der Waals surface area contributed by atoms with Crippen LogP contribution in [0.5, 0.6) is 0 Å². The Hall–Kier alpha value is -5.75. The van der Waals surface area contributed by atoms with Crippen LogP contribution in [0.25, 0.3) is 72.6 Å². The van der Waals surface area contributed by atoms with Gasteiger partial charge in [-0.25, -0.2) is 0 Å². The van der Waals surface area contributed by atoms with E-state index in [4.69, 9.17) is 18.5 Å². The second-order valence-electron chi connectivity index (χ2n) is 14.2. The summed E-state index contributed by atoms with van der Waals surface area (Å²) in [5.41, 5.74) is 12.5. The Morgan fingerprint density at radius 3 is 2.20 bits per heavy atom. The average Bonchev–Trinajstić information content (AvgIpc) is 3.80. The van der Waals surface area contributed by atoms with Crippen LogP contribution in [0.3, 0.4) is 0 Å². The predicted octanol–water partition coefficient (Wildman–Crippen LogP) is 13.0. The summed E-state index contributed by atoms with van der Waals surface area (Å²) < 4.78 is 43.2. The van der Waals surface area contributed by atoms with Crippen molar-refractivity contribution in [2.24, 2.45) is 0 Å². The molecule has 4 aromatic heterocycles. The molecule has 0 N–H and O–H groups in total. The summed E-state index contributed by atoms with van der Waals surface area (Å²) in [6, 6.07) is 44.8. The van der Waals surface area contributed by atoms with Gasteiger partial charge in [-0.2, -0.15) is 0 Å². The number of furan rings is 1. The second-order valence-corrected chi connectivity index (χ2v) is 14.2. The van der Waals surface area contributed by atoms with E-state index < -0.39 is 6.85 Å². The molecule has 0 atom stereocenters. The summed E-state index contributed by atoms with van der Waals surface area (Å²) in [6.07, 6.45) is 1.31. The SMILES string of the molecule is Cc1nc(-c2ccccc2)cc2nc(-c3[c-]ccc4c3oc3ccccc34)n(-c3c(C(C)C)cccc3C(C)C)c12.[2H]C([2H])([2H])c1ccc(-c2[c-]cc(F)cc2)nc1.[Ir]. The summed E-state index contributed by atoms with van der Waals surface area (Å²) in [5, 5.41) is 2.16. The molecule has 0 saturated carbocycles. The molecule has 281 valence electrons. The molecule has 4 heterocycles. The number of nitrogens with zero attached hydrogens (tertiary/aromatic N) is 4. The summed E-state index contributed by atoms with van der Waals surface area (Å²) >= 11 is 0. The molecule has 0 amide bonds. The summed E-state index contributed by atoms with van der Waals surface area (Å²) in [5.74, 6) is 1.08. The Balaban J connectivity index is 0.000000247. The standard InChI is InChI=1S/C37H32N3O.C12H9FN.Ir/c1-22(2)26-16-11-17-27(23(3)4)35(26)40-34-24(5)38-31(25-13-7-6-8-14-25)21-32(34)39-37(40)30-19-12-18-29-28-15-9-10-20-33(28)41-36(29)30;1-9-2-7-12(14-8-9)10-3-5-11(13)6-4-10;/h6-18,20-23H,1-5H3;2-3,5-8H,1H3;/q2*-1;/i;1D3;. The number of imidazole rings is 1. The van der Waals surface area contributed by atoms with Crippen molar-refractivity contribution >= 4 is 33.0 Å². The Morgan fingerprint density at radius 1 is 0.768 bits per heavy atom. The van der Waals surface area contributed by atoms with Crippen molar-refractivity contribution in [2.75, 3.05) is 0 Å². The number of rotatable bonds is 6. The molecular formula is C49H41FIrN4O-2. The van der Waals surface area contributed by atoms with Gasteiger partial charge < -0.3 is 14.0 Å². The Kier molecular flexibility index (Phi) is 10.0. The van der Waals surface area contributed by atoms with Crippen LogP contribution in [0.4, 0.5) is 4.39 Å². The molecule has 1 radical (unpaired) electrons. The van der Waals surface area contributed by atoms with Crippen LogP contribution in [0.2, 0.25) is 0 Å². The maximum Gasteiger partial charge on any atom is 0.120 e. The Morgan fingerprint density at radius 2 is 1.52 bits per heavy atom. The zero-order valence-electron chi connectivity index (χ0n) is 34.7. The number of halogens is 1. The van der Waals surface area contributed by atoms with E-state index in [2.05, 4.69) is 111 Å². The molecule has 56 heavy (non-hydrogen) atoms. The van der Waals surface area contributed by atoms with Gasteiger partial charge in [0, 0.05) is 52.9 Å². The summed E-state index contributed by atoms with van der Waals surface area (Å²) in [6.45, 7) is 8.96. The number of benzene rings is 5. The van der Waals surface area contributed by atoms with Gasteiger partial charge in [-0.15, -0.1) is 48.0 Å². The molecule has 0 saturated heterocycles. The molecule has 5 aromatic carbocycles. The topological polar surface area (TPSA) is 56.7 Å². The molecule has 0 fully saturated rings. The zero-order valence-corrected chi connectivity index (χ0v) is 34.1. The summed E-state index contributed by atoms with van der Waals surface area (Å²) in [4.78, 5) is 14.5. The molecule has 9 rings (SSSR count). The molecule has 0 spiro atoms. The number of aryl methyl sites for hydroxylation is 2. The fourth-order valence-electron chi connectivity index (χ4n) is 7.17. The van der Waals surface area contributed by atoms with Crippen molar-refractivity contribution in [3.8, 4) is 39.6 Å². The fourth-order valence-corrected chi connectivity index (χ4v) is 7.17. The van der Waals surface area contributed by atoms with Crippen LogP contribution in [-0.2, 0) is 20.1 Å². The number of aromatic nitrogens is 4. The zero-order chi connectivity index (χ0) is 40.7. The molecule has 0 aliphatic carbocycles. The molecule has 7 heteroatoms. The third-order valence-electron chi connectivity index (χ3n) is 9.82. The van der Waals surface area contributed by atoms with Gasteiger partial charge in [0.2, 0.25) is 0 Å². The van der Waals surface area contributed by atoms with Crippen LogP contribution in [-0.4, -0.2) is 19.5 Å². The molecule has 0 unspecified atom stereocenters. The van der Waals surface area contributed by atoms with E-state index >= 15 is 0 Å². The maximum atomic E-state index is 12.7. The van der Waals surface area contributed by atoms with E-state index in [0.29, 0.717) is 23.1 Å². The van der Waals surface area contributed by atoms with E-state index in [0.717, 1.165) is 61.3 Å². The van der Waals surface area contributed by atoms with Gasteiger partial charge in [0.25, 0.3) is 0 Å². The minimum absolute atomic E-state index is 0. The number of para-hydroxylation sites is 2. The second kappa shape index (κ2) is 16.2. The van der Waals surface area contributed by atoms with Crippen molar-refractivity contribution < 1.29 is 33.0 Å². The van der Waals surface area contributed by atoms with Gasteiger partial charge in [-0.3, -0.25) is 14.4 Å². The van der Waals surface area contributed by atoms with Crippen molar-refractivity contribution in [2.45, 2.75) is 53.3 Å². The van der Waals surface area contributed by atoms with Crippen LogP contribution in [0.15, 0.2) is 132 Å². The third kappa shape index (κ3) is 7.33. The van der Waals surface area contributed by atoms with Gasteiger partial charge in [-0.1, -0.05) is 118 Å². The van der Waals surface area contributed by atoms with Crippen LogP contribution in [0, 0.1) is 31.7 Å². The van der Waals surface area contributed by atoms with Gasteiger partial charge in [-0.05, 0) is 60.1 Å². The predicted molar refractivity (Wildman–Crippen MR) is 222 cm³/mol. The fraction of sp³-hybridized carbons (Fsp3) is 0.163. The van der Waals surface area contributed by atoms with Gasteiger partial charge >= 0.3 is 0 Å². The first-order valence-electron chi connectivity index (χ1n) is 19.9. The number of fused-ring (bicyclic) bond motifs is 4. The first kappa shape index (κ1) is 34.7. The van der Waals surface area contributed by atoms with E-state index in [1.165, 1.54) is 41.2 Å². The van der Waals surface area contributed by atoms with Crippen molar-refractivity contribution in [3.05, 3.63) is 168 Å². The number of hydrogen-bond donors (Lipinski definition) is 0. The number of hydrogen-bond acceptors (Lipinski definition) is 4. The minimum Gasteiger partial charge on any atom is -0.501 e. The maximum absolute atomic E-state index is 12.7. The largest absolute Gasteiger partial charge is 0.501 e. The van der Waals surface area contributed by atoms with Crippen LogP contribution in [0.1, 0.15) is 66.0 Å². The molecular weight excluding hydrogens is 872 g/mol. The monoisotopic (exact) mass is 916 g/mol. The molecule has 0 aliphatic heterocycles. The molecule has 9 aromatic rings. The molecule has 5 nitrogen and oxygen atoms in total. The average molecular weight is 916 g/mol. The first-order chi connectivity index (χ1) is 27.9. The van der Waals surface area contributed by atoms with Gasteiger partial charge in [0.05, 0.1) is 33.8 Å². The van der Waals surface area contributed by atoms with E-state index in [-0.39, 0.29) is 31.5 Å². The van der Waals surface area contributed by atoms with E-state index in [9.17, 15) is 4.39 Å². The van der Waals surface area contributed by atoms with E-state index in [1.54, 1.807) is 12.1 Å². The van der Waals surface area contributed by atoms with Crippen molar-refractivity contribution in [3.63, 3.8) is 0 Å². The van der Waals surface area contributed by atoms with Crippen molar-refractivity contribution in [1.29, 1.82) is 0 Å². The number of pyridine rings is 2. The van der Waals surface area contributed by atoms with Crippen LogP contribution >= 0.6 is 0 Å². The summed E-state index contributed by atoms with van der Waals surface area (Å²) in [7, 11) is 0. The smallest absolute Gasteiger partial charge is 0.120 e. The quantitative estimate of drug-likeness (QED) is 0.156. The minimum atomic E-state index is -2.15. The van der Waals surface area contributed by atoms with E-state index in [1.807, 2.05) is 36.4 Å².